The lowest BCUT2D eigenvalue weighted by Gasteiger charge is -2.27. The van der Waals surface area contributed by atoms with E-state index in [0.717, 1.165) is 15.8 Å². The third-order valence-electron chi connectivity index (χ3n) is 2.88. The third-order valence-corrected chi connectivity index (χ3v) is 5.28. The van der Waals surface area contributed by atoms with Crippen LogP contribution in [0, 0.1) is 15.5 Å². The quantitative estimate of drug-likeness (QED) is 0.437. The van der Waals surface area contributed by atoms with Gasteiger partial charge in [0.25, 0.3) is 5.69 Å². The molecule has 0 amide bonds. The Balaban J connectivity index is 3.06. The van der Waals surface area contributed by atoms with E-state index in [4.69, 9.17) is 0 Å². The van der Waals surface area contributed by atoms with E-state index in [9.17, 15) is 10.1 Å². The highest BCUT2D eigenvalue weighted by Crippen LogP contribution is 2.33. The van der Waals surface area contributed by atoms with Gasteiger partial charge in [-0.15, -0.1) is 0 Å². The molecule has 1 aromatic rings. The first-order chi connectivity index (χ1) is 6.82. The second kappa shape index (κ2) is 4.14. The van der Waals surface area contributed by atoms with Crippen molar-refractivity contribution in [1.29, 1.82) is 0 Å². The summed E-state index contributed by atoms with van der Waals surface area (Å²) in [4.78, 5) is 10.3. The summed E-state index contributed by atoms with van der Waals surface area (Å²) in [6.45, 7) is 6.51. The van der Waals surface area contributed by atoms with Crippen molar-refractivity contribution in [3.8, 4) is 0 Å². The second-order valence-corrected chi connectivity index (χ2v) is 6.09. The van der Waals surface area contributed by atoms with Crippen LogP contribution in [0.1, 0.15) is 31.9 Å². The number of hydrogen-bond acceptors (Lipinski definition) is 2. The molecular weight excluding hydrogens is 206 g/mol. The van der Waals surface area contributed by atoms with Crippen LogP contribution in [0.15, 0.2) is 24.3 Å². The number of benzene rings is 1. The van der Waals surface area contributed by atoms with E-state index in [-0.39, 0.29) is 16.0 Å². The standard InChI is InChI=1S/C11H17NO2Si/c1-11(2,3)10(15)8-5-4-6-9(7-8)12(13)14/h4-7,10H,1-3,15H3. The summed E-state index contributed by atoms with van der Waals surface area (Å²) in [7, 11) is 1.01. The fourth-order valence-corrected chi connectivity index (χ4v) is 1.77. The Morgan fingerprint density at radius 3 is 2.47 bits per heavy atom. The normalized spacial score (nSPS) is 13.8. The Bertz CT molecular complexity index is 371. The van der Waals surface area contributed by atoms with Gasteiger partial charge in [0, 0.05) is 22.4 Å². The van der Waals surface area contributed by atoms with Crippen LogP contribution in [0.4, 0.5) is 5.69 Å². The van der Waals surface area contributed by atoms with Crippen molar-refractivity contribution in [3.05, 3.63) is 39.9 Å². The highest BCUT2D eigenvalue weighted by molar-refractivity contribution is 6.13. The molecule has 0 aromatic heterocycles. The lowest BCUT2D eigenvalue weighted by molar-refractivity contribution is -0.384. The molecule has 1 aromatic carbocycles. The van der Waals surface area contributed by atoms with Gasteiger partial charge in [0.2, 0.25) is 0 Å². The summed E-state index contributed by atoms with van der Waals surface area (Å²) in [5.41, 5.74) is 1.90. The molecule has 1 rings (SSSR count). The molecule has 15 heavy (non-hydrogen) atoms. The largest absolute Gasteiger partial charge is 0.269 e. The van der Waals surface area contributed by atoms with Crippen molar-refractivity contribution in [2.45, 2.75) is 26.3 Å². The number of nitro benzene ring substituents is 1. The van der Waals surface area contributed by atoms with Crippen molar-refractivity contribution in [2.75, 3.05) is 0 Å². The maximum atomic E-state index is 10.6. The molecular formula is C11H17NO2Si. The molecule has 0 aliphatic rings. The molecule has 0 fully saturated rings. The highest BCUT2D eigenvalue weighted by Gasteiger charge is 2.22. The van der Waals surface area contributed by atoms with E-state index in [0.29, 0.717) is 5.54 Å². The Morgan fingerprint density at radius 2 is 2.00 bits per heavy atom. The van der Waals surface area contributed by atoms with Crippen molar-refractivity contribution in [1.82, 2.24) is 0 Å². The number of nitro groups is 1. The summed E-state index contributed by atoms with van der Waals surface area (Å²) < 4.78 is 0. The van der Waals surface area contributed by atoms with Gasteiger partial charge in [0.05, 0.1) is 4.92 Å². The van der Waals surface area contributed by atoms with Gasteiger partial charge < -0.3 is 0 Å². The Kier molecular flexibility index (Phi) is 3.29. The monoisotopic (exact) mass is 223 g/mol. The maximum Gasteiger partial charge on any atom is 0.269 e. The van der Waals surface area contributed by atoms with Crippen molar-refractivity contribution >= 4 is 15.9 Å². The summed E-state index contributed by atoms with van der Waals surface area (Å²) in [6, 6.07) is 6.99. The second-order valence-electron chi connectivity index (χ2n) is 4.94. The SMILES string of the molecule is CC(C)(C)C([SiH3])c1cccc([N+](=O)[O-])c1. The van der Waals surface area contributed by atoms with Gasteiger partial charge >= 0.3 is 0 Å². The fraction of sp³-hybridized carbons (Fsp3) is 0.455. The minimum absolute atomic E-state index is 0.182. The smallest absolute Gasteiger partial charge is 0.258 e. The molecule has 0 aliphatic carbocycles. The first-order valence-electron chi connectivity index (χ1n) is 5.06. The topological polar surface area (TPSA) is 43.1 Å². The van der Waals surface area contributed by atoms with E-state index in [1.54, 1.807) is 18.2 Å². The summed E-state index contributed by atoms with van der Waals surface area (Å²) >= 11 is 0. The number of rotatable bonds is 2. The molecule has 0 radical (unpaired) electrons. The molecule has 0 bridgehead atoms. The first kappa shape index (κ1) is 11.9. The van der Waals surface area contributed by atoms with Crippen LogP contribution in [0.2, 0.25) is 0 Å². The van der Waals surface area contributed by atoms with Crippen LogP contribution >= 0.6 is 0 Å². The average molecular weight is 223 g/mol. The molecule has 1 atom stereocenters. The van der Waals surface area contributed by atoms with Crippen LogP contribution < -0.4 is 0 Å². The minimum Gasteiger partial charge on any atom is -0.258 e. The van der Waals surface area contributed by atoms with Crippen LogP contribution in [0.5, 0.6) is 0 Å². The zero-order valence-electron chi connectivity index (χ0n) is 9.65. The average Bonchev–Trinajstić information content (AvgIpc) is 2.15. The Hall–Kier alpha value is -1.16. The summed E-state index contributed by atoms with van der Waals surface area (Å²) in [5.74, 6) is 0. The lowest BCUT2D eigenvalue weighted by Crippen LogP contribution is -2.18. The van der Waals surface area contributed by atoms with Gasteiger partial charge in [0.15, 0.2) is 0 Å². The van der Waals surface area contributed by atoms with Gasteiger partial charge in [-0.1, -0.05) is 32.9 Å². The van der Waals surface area contributed by atoms with E-state index in [1.165, 1.54) is 0 Å². The molecule has 3 nitrogen and oxygen atoms in total. The molecule has 0 heterocycles. The Morgan fingerprint density at radius 1 is 1.40 bits per heavy atom. The summed E-state index contributed by atoms with van der Waals surface area (Å²) in [5, 5.41) is 10.6. The minimum atomic E-state index is -0.333. The van der Waals surface area contributed by atoms with E-state index >= 15 is 0 Å². The predicted molar refractivity (Wildman–Crippen MR) is 65.2 cm³/mol. The van der Waals surface area contributed by atoms with Gasteiger partial charge in [-0.25, -0.2) is 0 Å². The fourth-order valence-electron chi connectivity index (χ4n) is 1.41. The molecule has 0 saturated heterocycles. The van der Waals surface area contributed by atoms with Gasteiger partial charge in [-0.3, -0.25) is 10.1 Å². The van der Waals surface area contributed by atoms with Gasteiger partial charge in [-0.2, -0.15) is 0 Å². The molecule has 1 unspecified atom stereocenters. The van der Waals surface area contributed by atoms with Crippen LogP contribution in [0.25, 0.3) is 0 Å². The molecule has 0 N–H and O–H groups in total. The number of nitrogens with zero attached hydrogens (tertiary/aromatic N) is 1. The number of hydrogen-bond donors (Lipinski definition) is 0. The van der Waals surface area contributed by atoms with Crippen molar-refractivity contribution in [3.63, 3.8) is 0 Å². The van der Waals surface area contributed by atoms with E-state index in [2.05, 4.69) is 20.8 Å². The highest BCUT2D eigenvalue weighted by atomic mass is 28.1. The van der Waals surface area contributed by atoms with Crippen LogP contribution in [-0.2, 0) is 0 Å². The Labute approximate surface area is 93.1 Å². The predicted octanol–water partition coefficient (Wildman–Crippen LogP) is 2.05. The maximum absolute atomic E-state index is 10.6. The first-order valence-corrected chi connectivity index (χ1v) is 6.22. The van der Waals surface area contributed by atoms with E-state index < -0.39 is 0 Å². The van der Waals surface area contributed by atoms with Crippen LogP contribution in [-0.4, -0.2) is 15.2 Å². The lowest BCUT2D eigenvalue weighted by atomic mass is 9.87. The number of non-ortho nitro benzene ring substituents is 1. The van der Waals surface area contributed by atoms with Gasteiger partial charge in [-0.05, 0) is 16.5 Å². The molecule has 82 valence electrons. The zero-order valence-corrected chi connectivity index (χ0v) is 11.7. The van der Waals surface area contributed by atoms with Crippen molar-refractivity contribution < 1.29 is 4.92 Å². The third kappa shape index (κ3) is 2.89. The molecule has 0 saturated carbocycles. The molecule has 0 spiro atoms. The van der Waals surface area contributed by atoms with Gasteiger partial charge in [0.1, 0.15) is 0 Å². The molecule has 0 aliphatic heterocycles. The van der Waals surface area contributed by atoms with Crippen LogP contribution in [0.3, 0.4) is 0 Å². The zero-order chi connectivity index (χ0) is 11.6. The summed E-state index contributed by atoms with van der Waals surface area (Å²) in [6.07, 6.45) is 0. The molecule has 4 heteroatoms. The van der Waals surface area contributed by atoms with Crippen molar-refractivity contribution in [2.24, 2.45) is 5.41 Å². The van der Waals surface area contributed by atoms with E-state index in [1.807, 2.05) is 6.07 Å².